The van der Waals surface area contributed by atoms with Gasteiger partial charge >= 0.3 is 0 Å². The van der Waals surface area contributed by atoms with Crippen LogP contribution in [0.15, 0.2) is 18.2 Å². The number of aromatic nitrogens is 2. The zero-order chi connectivity index (χ0) is 16.7. The van der Waals surface area contributed by atoms with Gasteiger partial charge in [0.15, 0.2) is 5.69 Å². The van der Waals surface area contributed by atoms with Crippen molar-refractivity contribution in [2.45, 2.75) is 38.6 Å². The van der Waals surface area contributed by atoms with Crippen LogP contribution in [0.3, 0.4) is 0 Å². The smallest absolute Gasteiger partial charge is 0.275 e. The largest absolute Gasteiger partial charge is 0.340 e. The fourth-order valence-electron chi connectivity index (χ4n) is 3.90. The molecule has 1 unspecified atom stereocenters. The lowest BCUT2D eigenvalue weighted by atomic mass is 10.1. The maximum atomic E-state index is 13.0. The van der Waals surface area contributed by atoms with Crippen molar-refractivity contribution < 1.29 is 9.59 Å². The van der Waals surface area contributed by atoms with Gasteiger partial charge in [0, 0.05) is 37.5 Å². The van der Waals surface area contributed by atoms with E-state index in [9.17, 15) is 9.59 Å². The van der Waals surface area contributed by atoms with Gasteiger partial charge in [-0.05, 0) is 38.3 Å². The molecule has 1 aromatic heterocycles. The first-order valence-corrected chi connectivity index (χ1v) is 8.67. The zero-order valence-corrected chi connectivity index (χ0v) is 13.9. The fraction of sp³-hybridized carbons (Fsp3) is 0.500. The van der Waals surface area contributed by atoms with Gasteiger partial charge in [-0.1, -0.05) is 11.6 Å². The van der Waals surface area contributed by atoms with Gasteiger partial charge in [-0.15, -0.1) is 0 Å². The van der Waals surface area contributed by atoms with Gasteiger partial charge < -0.3 is 9.80 Å². The summed E-state index contributed by atoms with van der Waals surface area (Å²) in [7, 11) is 0. The van der Waals surface area contributed by atoms with Gasteiger partial charge in [0.25, 0.3) is 5.91 Å². The molecule has 2 fully saturated rings. The Bertz CT molecular complexity index is 797. The van der Waals surface area contributed by atoms with Crippen LogP contribution < -0.4 is 0 Å². The van der Waals surface area contributed by atoms with Crippen LogP contribution in [0.5, 0.6) is 0 Å². The summed E-state index contributed by atoms with van der Waals surface area (Å²) in [5.74, 6) is 0.101. The molecule has 6 heteroatoms. The summed E-state index contributed by atoms with van der Waals surface area (Å²) in [6.07, 6.45) is 3.40. The van der Waals surface area contributed by atoms with E-state index in [0.717, 1.165) is 42.3 Å². The number of hydrogen-bond acceptors (Lipinski definition) is 3. The highest BCUT2D eigenvalue weighted by molar-refractivity contribution is 6.04. The summed E-state index contributed by atoms with van der Waals surface area (Å²) in [6, 6.07) is 6.23. The number of aromatic amines is 1. The number of hydrogen-bond donors (Lipinski definition) is 1. The number of benzene rings is 1. The van der Waals surface area contributed by atoms with E-state index in [-0.39, 0.29) is 11.8 Å². The predicted octanol–water partition coefficient (Wildman–Crippen LogP) is 2.10. The third-order valence-electron chi connectivity index (χ3n) is 5.23. The quantitative estimate of drug-likeness (QED) is 0.872. The Hall–Kier alpha value is -2.37. The summed E-state index contributed by atoms with van der Waals surface area (Å²) < 4.78 is 0. The molecule has 126 valence electrons. The molecule has 1 atom stereocenters. The van der Waals surface area contributed by atoms with Crippen LogP contribution in [0.4, 0.5) is 0 Å². The predicted molar refractivity (Wildman–Crippen MR) is 90.7 cm³/mol. The van der Waals surface area contributed by atoms with Crippen molar-refractivity contribution in [1.29, 1.82) is 0 Å². The van der Waals surface area contributed by atoms with Crippen molar-refractivity contribution in [3.8, 4) is 0 Å². The standard InChI is InChI=1S/C18H22N4O2/c1-12-4-5-15-14(11-12)17(20-19-15)18(24)21-9-6-13-3-2-8-22(13)16(23)7-10-21/h4-5,11,13H,2-3,6-10H2,1H3,(H,19,20). The number of nitrogens with one attached hydrogen (secondary N) is 1. The average Bonchev–Trinajstić information content (AvgIpc) is 3.18. The average molecular weight is 326 g/mol. The molecule has 0 spiro atoms. The maximum absolute atomic E-state index is 13.0. The lowest BCUT2D eigenvalue weighted by Gasteiger charge is -2.32. The van der Waals surface area contributed by atoms with Gasteiger partial charge in [0.1, 0.15) is 0 Å². The van der Waals surface area contributed by atoms with Crippen molar-refractivity contribution in [2.24, 2.45) is 0 Å². The van der Waals surface area contributed by atoms with Crippen LogP contribution in [-0.4, -0.2) is 57.5 Å². The normalized spacial score (nSPS) is 21.7. The van der Waals surface area contributed by atoms with Crippen LogP contribution in [0, 0.1) is 6.92 Å². The van der Waals surface area contributed by atoms with Crippen molar-refractivity contribution in [3.05, 3.63) is 29.5 Å². The highest BCUT2D eigenvalue weighted by atomic mass is 16.2. The fourth-order valence-corrected chi connectivity index (χ4v) is 3.90. The van der Waals surface area contributed by atoms with Gasteiger partial charge in [0.2, 0.25) is 5.91 Å². The Kier molecular flexibility index (Phi) is 3.75. The minimum atomic E-state index is -0.0777. The topological polar surface area (TPSA) is 69.3 Å². The maximum Gasteiger partial charge on any atom is 0.275 e. The van der Waals surface area contributed by atoms with Crippen LogP contribution in [-0.2, 0) is 4.79 Å². The molecule has 0 saturated carbocycles. The van der Waals surface area contributed by atoms with E-state index >= 15 is 0 Å². The van der Waals surface area contributed by atoms with Gasteiger partial charge in [-0.2, -0.15) is 5.10 Å². The van der Waals surface area contributed by atoms with E-state index in [0.29, 0.717) is 31.2 Å². The van der Waals surface area contributed by atoms with Crippen molar-refractivity contribution in [1.82, 2.24) is 20.0 Å². The molecule has 2 aromatic rings. The summed E-state index contributed by atoms with van der Waals surface area (Å²) in [5.41, 5.74) is 2.43. The highest BCUT2D eigenvalue weighted by Crippen LogP contribution is 2.25. The van der Waals surface area contributed by atoms with Gasteiger partial charge in [0.05, 0.1) is 5.52 Å². The lowest BCUT2D eigenvalue weighted by Crippen LogP contribution is -2.44. The SMILES string of the molecule is Cc1ccc2[nH]nc(C(=O)N3CCC(=O)N4CCCC4CC3)c2c1. The van der Waals surface area contributed by atoms with E-state index in [2.05, 4.69) is 10.2 Å². The minimum Gasteiger partial charge on any atom is -0.340 e. The molecule has 0 bridgehead atoms. The Balaban J connectivity index is 1.59. The molecule has 2 amide bonds. The van der Waals surface area contributed by atoms with Crippen LogP contribution in [0.2, 0.25) is 0 Å². The summed E-state index contributed by atoms with van der Waals surface area (Å²) in [5, 5.41) is 8.03. The number of nitrogens with zero attached hydrogens (tertiary/aromatic N) is 3. The monoisotopic (exact) mass is 326 g/mol. The van der Waals surface area contributed by atoms with Crippen molar-refractivity contribution >= 4 is 22.7 Å². The van der Waals surface area contributed by atoms with Gasteiger partial charge in [-0.25, -0.2) is 0 Å². The molecule has 1 aromatic carbocycles. The summed E-state index contributed by atoms with van der Waals surface area (Å²) in [6.45, 7) is 4.04. The van der Waals surface area contributed by atoms with E-state index < -0.39 is 0 Å². The Morgan fingerprint density at radius 1 is 1.25 bits per heavy atom. The first-order chi connectivity index (χ1) is 11.6. The van der Waals surface area contributed by atoms with Crippen LogP contribution >= 0.6 is 0 Å². The van der Waals surface area contributed by atoms with Gasteiger partial charge in [-0.3, -0.25) is 14.7 Å². The van der Waals surface area contributed by atoms with Crippen molar-refractivity contribution in [3.63, 3.8) is 0 Å². The molecular formula is C18H22N4O2. The second-order valence-electron chi connectivity index (χ2n) is 6.84. The third-order valence-corrected chi connectivity index (χ3v) is 5.23. The number of carbonyl (C=O) groups is 2. The number of H-pyrrole nitrogens is 1. The summed E-state index contributed by atoms with van der Waals surface area (Å²) >= 11 is 0. The first-order valence-electron chi connectivity index (χ1n) is 8.67. The molecule has 4 rings (SSSR count). The van der Waals surface area contributed by atoms with Crippen LogP contribution in [0.1, 0.15) is 41.7 Å². The molecule has 6 nitrogen and oxygen atoms in total. The molecule has 2 aliphatic heterocycles. The Labute approximate surface area is 140 Å². The molecule has 2 saturated heterocycles. The molecule has 0 radical (unpaired) electrons. The number of rotatable bonds is 1. The van der Waals surface area contributed by atoms with E-state index in [1.54, 1.807) is 4.90 Å². The van der Waals surface area contributed by atoms with Crippen molar-refractivity contribution in [2.75, 3.05) is 19.6 Å². The molecule has 0 aliphatic carbocycles. The minimum absolute atomic E-state index is 0.0777. The summed E-state index contributed by atoms with van der Waals surface area (Å²) in [4.78, 5) is 29.1. The van der Waals surface area contributed by atoms with E-state index in [1.165, 1.54) is 0 Å². The zero-order valence-electron chi connectivity index (χ0n) is 13.9. The highest BCUT2D eigenvalue weighted by Gasteiger charge is 2.32. The lowest BCUT2D eigenvalue weighted by molar-refractivity contribution is -0.133. The van der Waals surface area contributed by atoms with Crippen LogP contribution in [0.25, 0.3) is 10.9 Å². The molecule has 2 aliphatic rings. The molecule has 3 heterocycles. The van der Waals surface area contributed by atoms with E-state index in [1.807, 2.05) is 30.0 Å². The number of amides is 2. The Morgan fingerprint density at radius 2 is 2.12 bits per heavy atom. The first kappa shape index (κ1) is 15.2. The number of fused-ring (bicyclic) bond motifs is 2. The Morgan fingerprint density at radius 3 is 3.00 bits per heavy atom. The third kappa shape index (κ3) is 2.56. The molecular weight excluding hydrogens is 304 g/mol. The molecule has 1 N–H and O–H groups in total. The van der Waals surface area contributed by atoms with E-state index in [4.69, 9.17) is 0 Å². The second kappa shape index (κ2) is 5.92. The molecule has 24 heavy (non-hydrogen) atoms. The number of aryl methyl sites for hydroxylation is 1. The second-order valence-corrected chi connectivity index (χ2v) is 6.84. The number of carbonyl (C=O) groups excluding carboxylic acids is 2.